The summed E-state index contributed by atoms with van der Waals surface area (Å²) in [6.45, 7) is 5.35. The molecule has 178 valence electrons. The molecule has 0 radical (unpaired) electrons. The molecule has 2 heterocycles. The molecule has 0 spiro atoms. The van der Waals surface area contributed by atoms with Gasteiger partial charge in [0.15, 0.2) is 0 Å². The SMILES string of the molecule is C=CC(=O)Nc1ccc(-c2ccc(C(N)=O)c(-c3ccc(C(=O)Nc4cc(C)ccn4)cc3)n2)cc1. The second kappa shape index (κ2) is 10.4. The second-order valence-electron chi connectivity index (χ2n) is 7.98. The number of nitrogens with two attached hydrogens (primary N) is 1. The average Bonchev–Trinajstić information content (AvgIpc) is 2.88. The Balaban J connectivity index is 1.61. The van der Waals surface area contributed by atoms with E-state index < -0.39 is 5.91 Å². The van der Waals surface area contributed by atoms with Crippen LogP contribution in [-0.4, -0.2) is 27.7 Å². The van der Waals surface area contributed by atoms with Crippen LogP contribution >= 0.6 is 0 Å². The quantitative estimate of drug-likeness (QED) is 0.335. The first-order valence-corrected chi connectivity index (χ1v) is 11.0. The maximum Gasteiger partial charge on any atom is 0.256 e. The number of pyridine rings is 2. The van der Waals surface area contributed by atoms with E-state index in [1.54, 1.807) is 60.8 Å². The van der Waals surface area contributed by atoms with E-state index >= 15 is 0 Å². The molecule has 0 fully saturated rings. The molecule has 0 saturated heterocycles. The maximum absolute atomic E-state index is 12.6. The van der Waals surface area contributed by atoms with Gasteiger partial charge in [-0.15, -0.1) is 0 Å². The van der Waals surface area contributed by atoms with Gasteiger partial charge in [0, 0.05) is 28.6 Å². The van der Waals surface area contributed by atoms with Gasteiger partial charge in [0.05, 0.1) is 17.0 Å². The summed E-state index contributed by atoms with van der Waals surface area (Å²) in [5, 5.41) is 5.46. The van der Waals surface area contributed by atoms with Crippen LogP contribution in [-0.2, 0) is 4.79 Å². The Morgan fingerprint density at radius 3 is 2.22 bits per heavy atom. The van der Waals surface area contributed by atoms with Gasteiger partial charge in [-0.2, -0.15) is 0 Å². The van der Waals surface area contributed by atoms with Crippen LogP contribution in [0, 0.1) is 6.92 Å². The third-order valence-electron chi connectivity index (χ3n) is 5.37. The van der Waals surface area contributed by atoms with Crippen molar-refractivity contribution < 1.29 is 14.4 Å². The van der Waals surface area contributed by atoms with Crippen LogP contribution in [0.2, 0.25) is 0 Å². The van der Waals surface area contributed by atoms with E-state index in [0.717, 1.165) is 11.1 Å². The van der Waals surface area contributed by atoms with Crippen LogP contribution < -0.4 is 16.4 Å². The lowest BCUT2D eigenvalue weighted by Crippen LogP contribution is -2.14. The van der Waals surface area contributed by atoms with E-state index in [1.165, 1.54) is 6.08 Å². The number of primary amides is 1. The molecule has 4 rings (SSSR count). The lowest BCUT2D eigenvalue weighted by molar-refractivity contribution is -0.111. The molecule has 0 aliphatic rings. The number of aromatic nitrogens is 2. The molecule has 0 atom stereocenters. The minimum atomic E-state index is -0.612. The predicted octanol–water partition coefficient (Wildman–Crippen LogP) is 4.59. The number of amides is 3. The molecular formula is C28H23N5O3. The zero-order chi connectivity index (χ0) is 25.7. The van der Waals surface area contributed by atoms with Gasteiger partial charge in [-0.1, -0.05) is 30.8 Å². The number of benzene rings is 2. The van der Waals surface area contributed by atoms with E-state index in [9.17, 15) is 14.4 Å². The van der Waals surface area contributed by atoms with Crippen molar-refractivity contribution in [2.75, 3.05) is 10.6 Å². The van der Waals surface area contributed by atoms with Crippen molar-refractivity contribution in [1.29, 1.82) is 0 Å². The minimum Gasteiger partial charge on any atom is -0.366 e. The molecule has 3 amide bonds. The zero-order valence-corrected chi connectivity index (χ0v) is 19.5. The van der Waals surface area contributed by atoms with E-state index in [0.29, 0.717) is 34.0 Å². The van der Waals surface area contributed by atoms with Gasteiger partial charge in [-0.3, -0.25) is 14.4 Å². The van der Waals surface area contributed by atoms with Crippen molar-refractivity contribution in [1.82, 2.24) is 9.97 Å². The van der Waals surface area contributed by atoms with Crippen molar-refractivity contribution >= 4 is 29.2 Å². The van der Waals surface area contributed by atoms with Crippen molar-refractivity contribution in [3.05, 3.63) is 108 Å². The maximum atomic E-state index is 12.6. The molecular weight excluding hydrogens is 454 g/mol. The number of carbonyl (C=O) groups excluding carboxylic acids is 3. The van der Waals surface area contributed by atoms with E-state index in [2.05, 4.69) is 27.2 Å². The summed E-state index contributed by atoms with van der Waals surface area (Å²) in [5.41, 5.74) is 10.3. The summed E-state index contributed by atoms with van der Waals surface area (Å²) in [6.07, 6.45) is 2.82. The minimum absolute atomic E-state index is 0.259. The Morgan fingerprint density at radius 2 is 1.58 bits per heavy atom. The lowest BCUT2D eigenvalue weighted by Gasteiger charge is -2.11. The third kappa shape index (κ3) is 5.51. The first kappa shape index (κ1) is 24.0. The van der Waals surface area contributed by atoms with Gasteiger partial charge in [0.1, 0.15) is 5.82 Å². The summed E-state index contributed by atoms with van der Waals surface area (Å²) >= 11 is 0. The van der Waals surface area contributed by atoms with Crippen LogP contribution in [0.1, 0.15) is 26.3 Å². The zero-order valence-electron chi connectivity index (χ0n) is 19.5. The average molecular weight is 478 g/mol. The monoisotopic (exact) mass is 477 g/mol. The number of aryl methyl sites for hydroxylation is 1. The van der Waals surface area contributed by atoms with Gasteiger partial charge < -0.3 is 16.4 Å². The van der Waals surface area contributed by atoms with E-state index in [4.69, 9.17) is 5.73 Å². The van der Waals surface area contributed by atoms with E-state index in [-0.39, 0.29) is 17.4 Å². The Kier molecular flexibility index (Phi) is 6.97. The summed E-state index contributed by atoms with van der Waals surface area (Å²) in [7, 11) is 0. The number of hydrogen-bond acceptors (Lipinski definition) is 5. The van der Waals surface area contributed by atoms with Gasteiger partial charge >= 0.3 is 0 Å². The number of carbonyl (C=O) groups is 3. The summed E-state index contributed by atoms with van der Waals surface area (Å²) < 4.78 is 0. The number of hydrogen-bond donors (Lipinski definition) is 3. The first-order valence-electron chi connectivity index (χ1n) is 11.0. The molecule has 0 aliphatic heterocycles. The molecule has 0 unspecified atom stereocenters. The largest absolute Gasteiger partial charge is 0.366 e. The highest BCUT2D eigenvalue weighted by atomic mass is 16.2. The van der Waals surface area contributed by atoms with Gasteiger partial charge in [-0.05, 0) is 67.1 Å². The molecule has 2 aromatic carbocycles. The summed E-state index contributed by atoms with van der Waals surface area (Å²) in [4.78, 5) is 45.0. The topological polar surface area (TPSA) is 127 Å². The van der Waals surface area contributed by atoms with Crippen LogP contribution in [0.25, 0.3) is 22.5 Å². The molecule has 0 saturated carbocycles. The lowest BCUT2D eigenvalue weighted by atomic mass is 10.0. The summed E-state index contributed by atoms with van der Waals surface area (Å²) in [6, 6.07) is 20.8. The first-order chi connectivity index (χ1) is 17.3. The fourth-order valence-electron chi connectivity index (χ4n) is 3.53. The van der Waals surface area contributed by atoms with Crippen molar-refractivity contribution in [2.45, 2.75) is 6.92 Å². The Hall–Kier alpha value is -5.11. The van der Waals surface area contributed by atoms with Crippen molar-refractivity contribution in [2.24, 2.45) is 5.73 Å². The van der Waals surface area contributed by atoms with Gasteiger partial charge in [0.2, 0.25) is 5.91 Å². The third-order valence-corrected chi connectivity index (χ3v) is 5.37. The molecule has 0 bridgehead atoms. The fourth-order valence-corrected chi connectivity index (χ4v) is 3.53. The number of anilines is 2. The Bertz CT molecular complexity index is 1460. The molecule has 4 aromatic rings. The highest BCUT2D eigenvalue weighted by molar-refractivity contribution is 6.04. The van der Waals surface area contributed by atoms with Crippen LogP contribution in [0.15, 0.2) is 91.6 Å². The van der Waals surface area contributed by atoms with Crippen molar-refractivity contribution in [3.8, 4) is 22.5 Å². The van der Waals surface area contributed by atoms with Crippen LogP contribution in [0.4, 0.5) is 11.5 Å². The highest BCUT2D eigenvalue weighted by Gasteiger charge is 2.15. The standard InChI is InChI=1S/C28H23N5O3/c1-3-25(34)31-21-10-8-18(9-11-21)23-13-12-22(27(29)35)26(32-23)19-4-6-20(7-5-19)28(36)33-24-16-17(2)14-15-30-24/h3-16H,1H2,2H3,(H2,29,35)(H,31,34)(H,30,33,36). The Morgan fingerprint density at radius 1 is 0.889 bits per heavy atom. The fraction of sp³-hybridized carbons (Fsp3) is 0.0357. The summed E-state index contributed by atoms with van der Waals surface area (Å²) in [5.74, 6) is -0.759. The van der Waals surface area contributed by atoms with E-state index in [1.807, 2.05) is 25.1 Å². The molecule has 2 aromatic heterocycles. The smallest absolute Gasteiger partial charge is 0.256 e. The second-order valence-corrected chi connectivity index (χ2v) is 7.98. The van der Waals surface area contributed by atoms with Gasteiger partial charge in [0.25, 0.3) is 11.8 Å². The number of nitrogens with one attached hydrogen (secondary N) is 2. The molecule has 4 N–H and O–H groups in total. The molecule has 36 heavy (non-hydrogen) atoms. The van der Waals surface area contributed by atoms with Crippen LogP contribution in [0.3, 0.4) is 0 Å². The molecule has 8 heteroatoms. The van der Waals surface area contributed by atoms with Gasteiger partial charge in [-0.25, -0.2) is 9.97 Å². The number of rotatable bonds is 7. The highest BCUT2D eigenvalue weighted by Crippen LogP contribution is 2.27. The molecule has 8 nitrogen and oxygen atoms in total. The van der Waals surface area contributed by atoms with Crippen LogP contribution in [0.5, 0.6) is 0 Å². The normalized spacial score (nSPS) is 10.4. The number of nitrogens with zero attached hydrogens (tertiary/aromatic N) is 2. The molecule has 0 aliphatic carbocycles. The predicted molar refractivity (Wildman–Crippen MR) is 139 cm³/mol. The van der Waals surface area contributed by atoms with Crippen molar-refractivity contribution in [3.63, 3.8) is 0 Å². The Labute approximate surface area is 207 Å².